The lowest BCUT2D eigenvalue weighted by molar-refractivity contribution is 0.0746. The molecule has 0 radical (unpaired) electrons. The molecule has 0 aliphatic carbocycles. The number of hydrogen-bond acceptors (Lipinski definition) is 5. The van der Waals surface area contributed by atoms with Crippen LogP contribution >= 0.6 is 22.9 Å². The van der Waals surface area contributed by atoms with Gasteiger partial charge in [-0.05, 0) is 24.6 Å². The maximum atomic E-state index is 12.5. The normalized spacial score (nSPS) is 15.2. The Labute approximate surface area is 154 Å². The zero-order valence-corrected chi connectivity index (χ0v) is 15.6. The van der Waals surface area contributed by atoms with E-state index < -0.39 is 0 Å². The summed E-state index contributed by atoms with van der Waals surface area (Å²) >= 11 is 7.80. The summed E-state index contributed by atoms with van der Waals surface area (Å²) in [5.74, 6) is 0.0414. The fourth-order valence-corrected chi connectivity index (χ4v) is 4.56. The van der Waals surface area contributed by atoms with E-state index in [4.69, 9.17) is 16.6 Å². The molecule has 0 atom stereocenters. The van der Waals surface area contributed by atoms with Gasteiger partial charge in [0, 0.05) is 44.4 Å². The van der Waals surface area contributed by atoms with Crippen molar-refractivity contribution in [2.75, 3.05) is 31.1 Å². The Morgan fingerprint density at radius 3 is 2.68 bits per heavy atom. The number of carbonyl (C=O) groups is 1. The van der Waals surface area contributed by atoms with Crippen molar-refractivity contribution in [3.8, 4) is 0 Å². The standard InChI is InChI=1S/C17H18ClN5OS/c1-11-7-13(18)8-14-15(11)20-17(25-14)23-5-3-22(4-6-23)16(24)12-9-19-21(2)10-12/h7-10H,3-6H2,1-2H3. The molecule has 1 amide bonds. The van der Waals surface area contributed by atoms with Crippen molar-refractivity contribution >= 4 is 44.2 Å². The van der Waals surface area contributed by atoms with E-state index in [-0.39, 0.29) is 5.91 Å². The highest BCUT2D eigenvalue weighted by molar-refractivity contribution is 7.22. The second-order valence-corrected chi connectivity index (χ2v) is 7.69. The smallest absolute Gasteiger partial charge is 0.257 e. The van der Waals surface area contributed by atoms with E-state index in [1.165, 1.54) is 0 Å². The monoisotopic (exact) mass is 375 g/mol. The Balaban J connectivity index is 1.48. The second kappa shape index (κ2) is 6.31. The van der Waals surface area contributed by atoms with Gasteiger partial charge in [-0.2, -0.15) is 5.10 Å². The molecule has 1 aliphatic rings. The molecular weight excluding hydrogens is 358 g/mol. The minimum Gasteiger partial charge on any atom is -0.345 e. The first-order chi connectivity index (χ1) is 12.0. The van der Waals surface area contributed by atoms with Gasteiger partial charge in [0.15, 0.2) is 5.13 Å². The van der Waals surface area contributed by atoms with E-state index >= 15 is 0 Å². The Bertz CT molecular complexity index is 942. The van der Waals surface area contributed by atoms with Crippen molar-refractivity contribution in [3.05, 3.63) is 40.7 Å². The molecule has 0 bridgehead atoms. The number of piperazine rings is 1. The van der Waals surface area contributed by atoms with Crippen LogP contribution in [0.15, 0.2) is 24.5 Å². The molecule has 1 fully saturated rings. The molecule has 0 saturated carbocycles. The van der Waals surface area contributed by atoms with Crippen molar-refractivity contribution < 1.29 is 4.79 Å². The molecule has 1 aliphatic heterocycles. The van der Waals surface area contributed by atoms with Crippen LogP contribution in [-0.4, -0.2) is 51.8 Å². The van der Waals surface area contributed by atoms with Gasteiger partial charge in [-0.1, -0.05) is 22.9 Å². The lowest BCUT2D eigenvalue weighted by Gasteiger charge is -2.34. The fourth-order valence-electron chi connectivity index (χ4n) is 3.09. The van der Waals surface area contributed by atoms with Crippen molar-refractivity contribution in [2.45, 2.75) is 6.92 Å². The van der Waals surface area contributed by atoms with Crippen LogP contribution in [-0.2, 0) is 7.05 Å². The number of benzene rings is 1. The number of aryl methyl sites for hydroxylation is 2. The Kier molecular flexibility index (Phi) is 4.13. The van der Waals surface area contributed by atoms with Crippen LogP contribution in [0.2, 0.25) is 5.02 Å². The third kappa shape index (κ3) is 3.09. The summed E-state index contributed by atoms with van der Waals surface area (Å²) < 4.78 is 2.76. The van der Waals surface area contributed by atoms with Gasteiger partial charge in [0.1, 0.15) is 0 Å². The summed E-state index contributed by atoms with van der Waals surface area (Å²) in [6, 6.07) is 3.91. The Hall–Kier alpha value is -2.12. The van der Waals surface area contributed by atoms with Crippen molar-refractivity contribution in [2.24, 2.45) is 7.05 Å². The Morgan fingerprint density at radius 2 is 2.00 bits per heavy atom. The average Bonchev–Trinajstić information content (AvgIpc) is 3.21. The lowest BCUT2D eigenvalue weighted by Crippen LogP contribution is -2.48. The third-order valence-electron chi connectivity index (χ3n) is 4.43. The molecule has 1 saturated heterocycles. The molecule has 25 heavy (non-hydrogen) atoms. The number of aromatic nitrogens is 3. The molecule has 0 spiro atoms. The number of nitrogens with zero attached hydrogens (tertiary/aromatic N) is 5. The van der Waals surface area contributed by atoms with E-state index in [0.717, 1.165) is 39.0 Å². The molecule has 3 heterocycles. The summed E-state index contributed by atoms with van der Waals surface area (Å²) in [4.78, 5) is 21.4. The average molecular weight is 376 g/mol. The van der Waals surface area contributed by atoms with Crippen molar-refractivity contribution in [1.29, 1.82) is 0 Å². The van der Waals surface area contributed by atoms with Crippen LogP contribution in [0.1, 0.15) is 15.9 Å². The summed E-state index contributed by atoms with van der Waals surface area (Å²) in [5.41, 5.74) is 2.75. The predicted octanol–water partition coefficient (Wildman–Crippen LogP) is 2.95. The third-order valence-corrected chi connectivity index (χ3v) is 5.71. The zero-order chi connectivity index (χ0) is 17.6. The summed E-state index contributed by atoms with van der Waals surface area (Å²) in [5, 5.41) is 5.81. The topological polar surface area (TPSA) is 54.3 Å². The molecule has 8 heteroatoms. The minimum atomic E-state index is 0.0414. The molecule has 0 unspecified atom stereocenters. The summed E-state index contributed by atoms with van der Waals surface area (Å²) in [6.45, 7) is 4.95. The molecule has 3 aromatic rings. The number of hydrogen-bond donors (Lipinski definition) is 0. The highest BCUT2D eigenvalue weighted by Gasteiger charge is 2.24. The van der Waals surface area contributed by atoms with E-state index in [1.807, 2.05) is 31.0 Å². The number of thiazole rings is 1. The number of anilines is 1. The molecule has 2 aromatic heterocycles. The molecule has 130 valence electrons. The number of halogens is 1. The van der Waals surface area contributed by atoms with Crippen molar-refractivity contribution in [1.82, 2.24) is 19.7 Å². The van der Waals surface area contributed by atoms with Crippen LogP contribution in [0.3, 0.4) is 0 Å². The number of amides is 1. The van der Waals surface area contributed by atoms with Crippen LogP contribution in [0.4, 0.5) is 5.13 Å². The quantitative estimate of drug-likeness (QED) is 0.691. The maximum Gasteiger partial charge on any atom is 0.257 e. The van der Waals surface area contributed by atoms with Crippen LogP contribution < -0.4 is 4.90 Å². The van der Waals surface area contributed by atoms with Gasteiger partial charge in [0.05, 0.1) is 22.0 Å². The van der Waals surface area contributed by atoms with E-state index in [9.17, 15) is 4.79 Å². The molecule has 1 aromatic carbocycles. The van der Waals surface area contributed by atoms with Gasteiger partial charge in [0.25, 0.3) is 5.91 Å². The molecule has 4 rings (SSSR count). The maximum absolute atomic E-state index is 12.5. The van der Waals surface area contributed by atoms with Crippen molar-refractivity contribution in [3.63, 3.8) is 0 Å². The first-order valence-electron chi connectivity index (χ1n) is 8.11. The lowest BCUT2D eigenvalue weighted by atomic mass is 10.2. The van der Waals surface area contributed by atoms with E-state index in [1.54, 1.807) is 28.4 Å². The predicted molar refractivity (Wildman–Crippen MR) is 101 cm³/mol. The van der Waals surface area contributed by atoms with Crippen LogP contribution in [0, 0.1) is 6.92 Å². The van der Waals surface area contributed by atoms with Gasteiger partial charge in [0.2, 0.25) is 0 Å². The van der Waals surface area contributed by atoms with E-state index in [0.29, 0.717) is 18.7 Å². The van der Waals surface area contributed by atoms with E-state index in [2.05, 4.69) is 10.00 Å². The minimum absolute atomic E-state index is 0.0414. The largest absolute Gasteiger partial charge is 0.345 e. The first kappa shape index (κ1) is 16.4. The number of carbonyl (C=O) groups excluding carboxylic acids is 1. The van der Waals surface area contributed by atoms with Crippen LogP contribution in [0.5, 0.6) is 0 Å². The Morgan fingerprint density at radius 1 is 1.24 bits per heavy atom. The number of rotatable bonds is 2. The number of fused-ring (bicyclic) bond motifs is 1. The van der Waals surface area contributed by atoms with Gasteiger partial charge in [-0.15, -0.1) is 0 Å². The first-order valence-corrected chi connectivity index (χ1v) is 9.30. The van der Waals surface area contributed by atoms with Gasteiger partial charge < -0.3 is 9.80 Å². The van der Waals surface area contributed by atoms with Crippen LogP contribution in [0.25, 0.3) is 10.2 Å². The highest BCUT2D eigenvalue weighted by atomic mass is 35.5. The van der Waals surface area contributed by atoms with Gasteiger partial charge in [-0.25, -0.2) is 4.98 Å². The second-order valence-electron chi connectivity index (χ2n) is 6.25. The van der Waals surface area contributed by atoms with Gasteiger partial charge in [-0.3, -0.25) is 9.48 Å². The fraction of sp³-hybridized carbons (Fsp3) is 0.353. The SMILES string of the molecule is Cc1cc(Cl)cc2sc(N3CCN(C(=O)c4cnn(C)c4)CC3)nc12. The van der Waals surface area contributed by atoms with Gasteiger partial charge >= 0.3 is 0 Å². The summed E-state index contributed by atoms with van der Waals surface area (Å²) in [6.07, 6.45) is 3.38. The summed E-state index contributed by atoms with van der Waals surface area (Å²) in [7, 11) is 1.82. The molecular formula is C17H18ClN5OS. The zero-order valence-electron chi connectivity index (χ0n) is 14.1. The molecule has 0 N–H and O–H groups in total. The molecule has 6 nitrogen and oxygen atoms in total. The highest BCUT2D eigenvalue weighted by Crippen LogP contribution is 2.33.